The average Bonchev–Trinajstić information content (AvgIpc) is 2.99. The summed E-state index contributed by atoms with van der Waals surface area (Å²) < 4.78 is 0. The molecular formula is C35H49N3O3. The lowest BCUT2D eigenvalue weighted by atomic mass is 10.1. The van der Waals surface area contributed by atoms with Crippen molar-refractivity contribution in [3.63, 3.8) is 0 Å². The van der Waals surface area contributed by atoms with Crippen LogP contribution in [0.15, 0.2) is 109 Å². The minimum Gasteiger partial charge on any atom is -0.508 e. The van der Waals surface area contributed by atoms with Gasteiger partial charge in [0, 0.05) is 38.5 Å². The fourth-order valence-electron chi connectivity index (χ4n) is 3.23. The van der Waals surface area contributed by atoms with Gasteiger partial charge in [0.05, 0.1) is 0 Å². The minimum atomic E-state index is -0.234. The van der Waals surface area contributed by atoms with E-state index in [0.29, 0.717) is 17.2 Å². The SMILES string of the molecule is CCC(C)C.CCC(C)Nc1cccc(C(=O)Nc2ccccc2)c1.O=C(Nc1ccccc1)c1cccc(O)c1.[HH].[HH].[HH]. The molecule has 0 heterocycles. The number of phenols is 1. The van der Waals surface area contributed by atoms with Crippen LogP contribution in [-0.4, -0.2) is 23.0 Å². The second-order valence-electron chi connectivity index (χ2n) is 10.0. The molecule has 0 fully saturated rings. The van der Waals surface area contributed by atoms with Crippen molar-refractivity contribution in [2.75, 3.05) is 16.0 Å². The Hall–Kier alpha value is -4.58. The maximum Gasteiger partial charge on any atom is 0.255 e. The monoisotopic (exact) mass is 559 g/mol. The Kier molecular flexibility index (Phi) is 14.2. The van der Waals surface area contributed by atoms with Gasteiger partial charge >= 0.3 is 0 Å². The highest BCUT2D eigenvalue weighted by Crippen LogP contribution is 2.15. The number of aromatic hydroxyl groups is 1. The fraction of sp³-hybridized carbons (Fsp3) is 0.257. The maximum absolute atomic E-state index is 12.2. The van der Waals surface area contributed by atoms with Crippen LogP contribution >= 0.6 is 0 Å². The molecule has 4 N–H and O–H groups in total. The Labute approximate surface area is 249 Å². The number of benzene rings is 4. The van der Waals surface area contributed by atoms with Crippen LogP contribution in [-0.2, 0) is 0 Å². The van der Waals surface area contributed by atoms with Crippen molar-refractivity contribution < 1.29 is 19.0 Å². The zero-order valence-corrected chi connectivity index (χ0v) is 24.7. The fourth-order valence-corrected chi connectivity index (χ4v) is 3.23. The number of nitrogens with one attached hydrogen (secondary N) is 3. The van der Waals surface area contributed by atoms with Crippen LogP contribution in [0.25, 0.3) is 0 Å². The number of carbonyl (C=O) groups is 2. The standard InChI is InChI=1S/C17H20N2O.C13H11NO2.C5H12.3H2/c1-3-13(2)18-16-11-7-8-14(12-16)17(20)19-15-9-5-4-6-10-15;15-12-8-4-5-10(9-12)13(16)14-11-6-2-1-3-7-11;1-4-5(2)3;;;/h4-13,18H,3H2,1-2H3,(H,19,20);1-9,15H,(H,14,16);5H,4H2,1-3H3;3*1H. The van der Waals surface area contributed by atoms with Gasteiger partial charge in [-0.25, -0.2) is 0 Å². The molecule has 0 radical (unpaired) electrons. The second-order valence-corrected chi connectivity index (χ2v) is 10.0. The molecule has 4 aromatic rings. The molecule has 4 aromatic carbocycles. The highest BCUT2D eigenvalue weighted by atomic mass is 16.3. The van der Waals surface area contributed by atoms with Crippen LogP contribution in [0.5, 0.6) is 5.75 Å². The van der Waals surface area contributed by atoms with Crippen molar-refractivity contribution in [1.29, 1.82) is 0 Å². The summed E-state index contributed by atoms with van der Waals surface area (Å²) in [5, 5.41) is 18.2. The lowest BCUT2D eigenvalue weighted by molar-refractivity contribution is 0.101. The van der Waals surface area contributed by atoms with E-state index in [4.69, 9.17) is 0 Å². The number of hydrogen-bond donors (Lipinski definition) is 4. The molecule has 0 aliphatic heterocycles. The van der Waals surface area contributed by atoms with E-state index in [-0.39, 0.29) is 21.8 Å². The number of phenolic OH excluding ortho intramolecular Hbond substituents is 1. The van der Waals surface area contributed by atoms with Gasteiger partial charge in [0.1, 0.15) is 5.75 Å². The molecule has 6 nitrogen and oxygen atoms in total. The number of hydrogen-bond acceptors (Lipinski definition) is 4. The van der Waals surface area contributed by atoms with E-state index in [1.165, 1.54) is 18.6 Å². The summed E-state index contributed by atoms with van der Waals surface area (Å²) in [5.74, 6) is 0.641. The van der Waals surface area contributed by atoms with Gasteiger partial charge in [0.2, 0.25) is 0 Å². The van der Waals surface area contributed by atoms with E-state index in [0.717, 1.165) is 29.4 Å². The second kappa shape index (κ2) is 17.9. The number of rotatable bonds is 8. The van der Waals surface area contributed by atoms with Crippen LogP contribution in [0.4, 0.5) is 17.1 Å². The molecule has 6 heteroatoms. The summed E-state index contributed by atoms with van der Waals surface area (Å²) in [7, 11) is 0. The number of carbonyl (C=O) groups excluding carboxylic acids is 2. The average molecular weight is 560 g/mol. The predicted molar refractivity (Wildman–Crippen MR) is 178 cm³/mol. The Bertz CT molecular complexity index is 1340. The van der Waals surface area contributed by atoms with Crippen molar-refractivity contribution in [2.24, 2.45) is 5.92 Å². The molecule has 222 valence electrons. The summed E-state index contributed by atoms with van der Waals surface area (Å²) in [6, 6.07) is 32.9. The number of para-hydroxylation sites is 2. The van der Waals surface area contributed by atoms with E-state index in [2.05, 4.69) is 50.6 Å². The van der Waals surface area contributed by atoms with Gasteiger partial charge in [-0.1, -0.05) is 82.6 Å². The molecule has 4 rings (SSSR count). The zero-order valence-electron chi connectivity index (χ0n) is 24.7. The van der Waals surface area contributed by atoms with Gasteiger partial charge in [-0.05, 0) is 79.9 Å². The number of anilines is 3. The summed E-state index contributed by atoms with van der Waals surface area (Å²) in [4.78, 5) is 23.9. The van der Waals surface area contributed by atoms with E-state index >= 15 is 0 Å². The largest absolute Gasteiger partial charge is 0.508 e. The van der Waals surface area contributed by atoms with Crippen molar-refractivity contribution in [2.45, 2.75) is 53.5 Å². The molecule has 41 heavy (non-hydrogen) atoms. The molecule has 1 unspecified atom stereocenters. The first-order valence-corrected chi connectivity index (χ1v) is 14.1. The summed E-state index contributed by atoms with van der Waals surface area (Å²) in [5.41, 5.74) is 3.60. The maximum atomic E-state index is 12.2. The van der Waals surface area contributed by atoms with Crippen LogP contribution in [0.3, 0.4) is 0 Å². The van der Waals surface area contributed by atoms with Gasteiger partial charge in [0.25, 0.3) is 11.8 Å². The topological polar surface area (TPSA) is 90.5 Å². The molecule has 0 aliphatic rings. The summed E-state index contributed by atoms with van der Waals surface area (Å²) >= 11 is 0. The first-order chi connectivity index (χ1) is 19.7. The Balaban J connectivity index is 0. The van der Waals surface area contributed by atoms with Gasteiger partial charge in [-0.15, -0.1) is 0 Å². The molecule has 0 bridgehead atoms. The molecule has 0 aliphatic carbocycles. The van der Waals surface area contributed by atoms with Crippen molar-refractivity contribution >= 4 is 28.9 Å². The van der Waals surface area contributed by atoms with Gasteiger partial charge in [-0.2, -0.15) is 0 Å². The van der Waals surface area contributed by atoms with E-state index in [1.807, 2.05) is 72.8 Å². The lowest BCUT2D eigenvalue weighted by Gasteiger charge is -2.13. The first-order valence-electron chi connectivity index (χ1n) is 14.1. The van der Waals surface area contributed by atoms with Crippen molar-refractivity contribution in [1.82, 2.24) is 0 Å². The normalized spacial score (nSPS) is 10.7. The first kappa shape index (κ1) is 32.6. The smallest absolute Gasteiger partial charge is 0.255 e. The summed E-state index contributed by atoms with van der Waals surface area (Å²) in [6.45, 7) is 10.9. The molecular weight excluding hydrogens is 510 g/mol. The minimum absolute atomic E-state index is 0. The third-order valence-corrected chi connectivity index (χ3v) is 6.14. The van der Waals surface area contributed by atoms with Crippen LogP contribution < -0.4 is 16.0 Å². The quantitative estimate of drug-likeness (QED) is 0.173. The molecule has 0 spiro atoms. The van der Waals surface area contributed by atoms with Gasteiger partial charge in [-0.3, -0.25) is 9.59 Å². The van der Waals surface area contributed by atoms with Crippen molar-refractivity contribution in [3.8, 4) is 5.75 Å². The molecule has 0 saturated heterocycles. The Morgan fingerprint density at radius 2 is 1.07 bits per heavy atom. The lowest BCUT2D eigenvalue weighted by Crippen LogP contribution is -2.15. The van der Waals surface area contributed by atoms with Crippen LogP contribution in [0.1, 0.15) is 72.5 Å². The predicted octanol–water partition coefficient (Wildman–Crippen LogP) is 9.58. The molecule has 2 amide bonds. The van der Waals surface area contributed by atoms with Gasteiger partial charge in [0.15, 0.2) is 0 Å². The van der Waals surface area contributed by atoms with E-state index in [1.54, 1.807) is 24.3 Å². The third-order valence-electron chi connectivity index (χ3n) is 6.14. The van der Waals surface area contributed by atoms with E-state index < -0.39 is 0 Å². The Morgan fingerprint density at radius 3 is 1.51 bits per heavy atom. The Morgan fingerprint density at radius 1 is 0.634 bits per heavy atom. The van der Waals surface area contributed by atoms with E-state index in [9.17, 15) is 14.7 Å². The summed E-state index contributed by atoms with van der Waals surface area (Å²) in [6.07, 6.45) is 2.35. The zero-order chi connectivity index (χ0) is 30.0. The number of amides is 2. The molecule has 1 atom stereocenters. The molecule has 0 aromatic heterocycles. The van der Waals surface area contributed by atoms with Gasteiger partial charge < -0.3 is 21.1 Å². The van der Waals surface area contributed by atoms with Crippen LogP contribution in [0.2, 0.25) is 0 Å². The molecule has 0 saturated carbocycles. The van der Waals surface area contributed by atoms with Crippen LogP contribution in [0, 0.1) is 5.92 Å². The van der Waals surface area contributed by atoms with Crippen molar-refractivity contribution in [3.05, 3.63) is 120 Å². The third kappa shape index (κ3) is 12.9. The highest BCUT2D eigenvalue weighted by Gasteiger charge is 2.08. The highest BCUT2D eigenvalue weighted by molar-refractivity contribution is 6.05.